The lowest BCUT2D eigenvalue weighted by atomic mass is 9.95. The molecule has 1 aliphatic carbocycles. The van der Waals surface area contributed by atoms with Crippen LogP contribution in [-0.2, 0) is 9.53 Å². The van der Waals surface area contributed by atoms with E-state index in [-0.39, 0.29) is 12.5 Å². The number of nitrogens with zero attached hydrogens (tertiary/aromatic N) is 2. The van der Waals surface area contributed by atoms with Crippen LogP contribution >= 0.6 is 0 Å². The molecule has 1 aliphatic heterocycles. The van der Waals surface area contributed by atoms with Crippen molar-refractivity contribution in [3.8, 4) is 0 Å². The monoisotopic (exact) mass is 310 g/mol. The largest absolute Gasteiger partial charge is 0.378 e. The fourth-order valence-electron chi connectivity index (χ4n) is 2.46. The van der Waals surface area contributed by atoms with Crippen molar-refractivity contribution in [2.45, 2.75) is 57.7 Å². The SMILES string of the molecule is CC(C)C1CC(NC(=NCC(=O)N(C)C)NC2CC2)CCO1. The zero-order chi connectivity index (χ0) is 16.1. The molecule has 2 aliphatic rings. The molecule has 0 radical (unpaired) electrons. The third-order valence-corrected chi connectivity index (χ3v) is 4.19. The van der Waals surface area contributed by atoms with Gasteiger partial charge in [-0.1, -0.05) is 13.8 Å². The lowest BCUT2D eigenvalue weighted by Gasteiger charge is -2.33. The van der Waals surface area contributed by atoms with Crippen LogP contribution in [-0.4, -0.2) is 62.2 Å². The van der Waals surface area contributed by atoms with Crippen LogP contribution in [0.1, 0.15) is 39.5 Å². The minimum Gasteiger partial charge on any atom is -0.378 e. The lowest BCUT2D eigenvalue weighted by molar-refractivity contribution is -0.127. The van der Waals surface area contributed by atoms with E-state index in [1.165, 1.54) is 12.8 Å². The predicted octanol–water partition coefficient (Wildman–Crippen LogP) is 0.976. The topological polar surface area (TPSA) is 66.0 Å². The Morgan fingerprint density at radius 1 is 1.23 bits per heavy atom. The van der Waals surface area contributed by atoms with Crippen LogP contribution in [0.5, 0.6) is 0 Å². The highest BCUT2D eigenvalue weighted by atomic mass is 16.5. The Morgan fingerprint density at radius 2 is 1.91 bits per heavy atom. The van der Waals surface area contributed by atoms with Crippen LogP contribution in [0.25, 0.3) is 0 Å². The Morgan fingerprint density at radius 3 is 2.50 bits per heavy atom. The fourth-order valence-corrected chi connectivity index (χ4v) is 2.46. The maximum Gasteiger partial charge on any atom is 0.243 e. The molecule has 0 spiro atoms. The summed E-state index contributed by atoms with van der Waals surface area (Å²) in [6.07, 6.45) is 4.65. The second-order valence-electron chi connectivity index (χ2n) is 6.89. The van der Waals surface area contributed by atoms with Crippen LogP contribution in [0.3, 0.4) is 0 Å². The summed E-state index contributed by atoms with van der Waals surface area (Å²) < 4.78 is 5.81. The van der Waals surface area contributed by atoms with Gasteiger partial charge in [0.1, 0.15) is 6.54 Å². The summed E-state index contributed by atoms with van der Waals surface area (Å²) >= 11 is 0. The van der Waals surface area contributed by atoms with Gasteiger partial charge < -0.3 is 20.3 Å². The second kappa shape index (κ2) is 7.81. The first-order valence-corrected chi connectivity index (χ1v) is 8.35. The van der Waals surface area contributed by atoms with Crippen LogP contribution in [0.15, 0.2) is 4.99 Å². The molecule has 126 valence electrons. The Balaban J connectivity index is 1.90. The van der Waals surface area contributed by atoms with E-state index in [1.807, 2.05) is 0 Å². The van der Waals surface area contributed by atoms with Crippen molar-refractivity contribution in [3.05, 3.63) is 0 Å². The second-order valence-corrected chi connectivity index (χ2v) is 6.89. The quantitative estimate of drug-likeness (QED) is 0.587. The zero-order valence-electron chi connectivity index (χ0n) is 14.3. The molecule has 22 heavy (non-hydrogen) atoms. The summed E-state index contributed by atoms with van der Waals surface area (Å²) in [6, 6.07) is 0.877. The van der Waals surface area contributed by atoms with Gasteiger partial charge in [0.2, 0.25) is 5.91 Å². The third-order valence-electron chi connectivity index (χ3n) is 4.19. The average Bonchev–Trinajstić information content (AvgIpc) is 3.28. The Bertz CT molecular complexity index is 405. The molecule has 2 N–H and O–H groups in total. The number of amides is 1. The van der Waals surface area contributed by atoms with Gasteiger partial charge in [-0.25, -0.2) is 4.99 Å². The van der Waals surface area contributed by atoms with E-state index >= 15 is 0 Å². The van der Waals surface area contributed by atoms with E-state index in [4.69, 9.17) is 4.74 Å². The summed E-state index contributed by atoms with van der Waals surface area (Å²) in [5.74, 6) is 1.31. The molecular weight excluding hydrogens is 280 g/mol. The molecule has 0 aromatic heterocycles. The molecule has 2 atom stereocenters. The average molecular weight is 310 g/mol. The van der Waals surface area contributed by atoms with Gasteiger partial charge >= 0.3 is 0 Å². The van der Waals surface area contributed by atoms with Crippen molar-refractivity contribution in [3.63, 3.8) is 0 Å². The summed E-state index contributed by atoms with van der Waals surface area (Å²) in [5, 5.41) is 6.90. The predicted molar refractivity (Wildman–Crippen MR) is 87.9 cm³/mol. The first kappa shape index (κ1) is 17.1. The normalized spacial score (nSPS) is 26.0. The number of likely N-dealkylation sites (N-methyl/N-ethyl adjacent to an activating group) is 1. The van der Waals surface area contributed by atoms with Gasteiger partial charge in [0, 0.05) is 32.8 Å². The van der Waals surface area contributed by atoms with E-state index in [0.717, 1.165) is 25.4 Å². The van der Waals surface area contributed by atoms with Gasteiger partial charge in [0.05, 0.1) is 6.10 Å². The third kappa shape index (κ3) is 5.48. The number of guanidine groups is 1. The van der Waals surface area contributed by atoms with E-state index in [9.17, 15) is 4.79 Å². The van der Waals surface area contributed by atoms with Crippen molar-refractivity contribution in [2.24, 2.45) is 10.9 Å². The summed E-state index contributed by atoms with van der Waals surface area (Å²) in [6.45, 7) is 5.36. The molecular formula is C16H30N4O2. The number of hydrogen-bond acceptors (Lipinski definition) is 3. The molecule has 2 unspecified atom stereocenters. The number of nitrogens with one attached hydrogen (secondary N) is 2. The van der Waals surface area contributed by atoms with E-state index in [1.54, 1.807) is 19.0 Å². The van der Waals surface area contributed by atoms with E-state index in [0.29, 0.717) is 24.1 Å². The highest BCUT2D eigenvalue weighted by Crippen LogP contribution is 2.21. The van der Waals surface area contributed by atoms with Crippen LogP contribution in [0, 0.1) is 5.92 Å². The van der Waals surface area contributed by atoms with Gasteiger partial charge in [-0.05, 0) is 31.6 Å². The fraction of sp³-hybridized carbons (Fsp3) is 0.875. The summed E-state index contributed by atoms with van der Waals surface area (Å²) in [7, 11) is 3.51. The van der Waals surface area contributed by atoms with Crippen LogP contribution in [0.2, 0.25) is 0 Å². The zero-order valence-corrected chi connectivity index (χ0v) is 14.3. The molecule has 1 saturated heterocycles. The minimum atomic E-state index is 0.0175. The van der Waals surface area contributed by atoms with Crippen molar-refractivity contribution < 1.29 is 9.53 Å². The van der Waals surface area contributed by atoms with Crippen molar-refractivity contribution in [1.29, 1.82) is 0 Å². The van der Waals surface area contributed by atoms with Crippen LogP contribution in [0.4, 0.5) is 0 Å². The van der Waals surface area contributed by atoms with Crippen molar-refractivity contribution >= 4 is 11.9 Å². The number of rotatable bonds is 5. The standard InChI is InChI=1S/C16H30N4O2/c1-11(2)14-9-13(7-8-22-14)19-16(18-12-5-6-12)17-10-15(21)20(3)4/h11-14H,5-10H2,1-4H3,(H2,17,18,19). The van der Waals surface area contributed by atoms with Gasteiger partial charge in [0.25, 0.3) is 0 Å². The number of ether oxygens (including phenoxy) is 1. The van der Waals surface area contributed by atoms with E-state index < -0.39 is 0 Å². The molecule has 6 heteroatoms. The molecule has 2 rings (SSSR count). The molecule has 2 fully saturated rings. The van der Waals surface area contributed by atoms with Gasteiger partial charge in [-0.2, -0.15) is 0 Å². The molecule has 1 saturated carbocycles. The highest BCUT2D eigenvalue weighted by molar-refractivity contribution is 5.85. The highest BCUT2D eigenvalue weighted by Gasteiger charge is 2.27. The smallest absolute Gasteiger partial charge is 0.243 e. The Hall–Kier alpha value is -1.30. The molecule has 0 aromatic rings. The Labute approximate surface area is 133 Å². The molecule has 1 amide bonds. The van der Waals surface area contributed by atoms with Crippen LogP contribution < -0.4 is 10.6 Å². The molecule has 6 nitrogen and oxygen atoms in total. The minimum absolute atomic E-state index is 0.0175. The number of hydrogen-bond donors (Lipinski definition) is 2. The summed E-state index contributed by atoms with van der Waals surface area (Å²) in [4.78, 5) is 17.7. The summed E-state index contributed by atoms with van der Waals surface area (Å²) in [5.41, 5.74) is 0. The number of aliphatic imine (C=N–C) groups is 1. The molecule has 0 aromatic carbocycles. The Kier molecular flexibility index (Phi) is 6.06. The van der Waals surface area contributed by atoms with Gasteiger partial charge in [-0.3, -0.25) is 4.79 Å². The lowest BCUT2D eigenvalue weighted by Crippen LogP contribution is -2.49. The molecule has 1 heterocycles. The first-order chi connectivity index (χ1) is 10.5. The van der Waals surface area contributed by atoms with Gasteiger partial charge in [0.15, 0.2) is 5.96 Å². The number of carbonyl (C=O) groups is 1. The first-order valence-electron chi connectivity index (χ1n) is 8.35. The van der Waals surface area contributed by atoms with Crippen molar-refractivity contribution in [1.82, 2.24) is 15.5 Å². The van der Waals surface area contributed by atoms with Crippen molar-refractivity contribution in [2.75, 3.05) is 27.2 Å². The van der Waals surface area contributed by atoms with E-state index in [2.05, 4.69) is 29.5 Å². The van der Waals surface area contributed by atoms with Gasteiger partial charge in [-0.15, -0.1) is 0 Å². The maximum atomic E-state index is 11.7. The maximum absolute atomic E-state index is 11.7. The number of carbonyl (C=O) groups excluding carboxylic acids is 1. The molecule has 0 bridgehead atoms.